The van der Waals surface area contributed by atoms with Crippen LogP contribution in [0.25, 0.3) is 0 Å². The topological polar surface area (TPSA) is 150 Å². The second kappa shape index (κ2) is 7.29. The minimum Gasteiger partial charge on any atom is -0.481 e. The average molecular weight is 297 g/mol. The van der Waals surface area contributed by atoms with Crippen molar-refractivity contribution in [3.05, 3.63) is 44.0 Å². The second-order valence-electron chi connectivity index (χ2n) is 4.50. The molecule has 0 radical (unpaired) electrons. The number of nitro benzene ring substituents is 2. The molecule has 0 amide bonds. The van der Waals surface area contributed by atoms with Crippen molar-refractivity contribution < 1.29 is 19.7 Å². The van der Waals surface area contributed by atoms with Crippen LogP contribution >= 0.6 is 0 Å². The molecule has 0 aromatic heterocycles. The molecular weight excluding hydrogens is 282 g/mol. The van der Waals surface area contributed by atoms with Crippen LogP contribution in [0.15, 0.2) is 18.2 Å². The molecule has 0 aliphatic carbocycles. The maximum absolute atomic E-state index is 11.1. The molecule has 1 atom stereocenters. The molecule has 1 rings (SSSR count). The van der Waals surface area contributed by atoms with Gasteiger partial charge in [-0.1, -0.05) is 0 Å². The molecule has 0 aliphatic rings. The summed E-state index contributed by atoms with van der Waals surface area (Å²) in [6, 6.07) is 3.20. The molecule has 0 saturated carbocycles. The van der Waals surface area contributed by atoms with Crippen molar-refractivity contribution in [3.8, 4) is 0 Å². The summed E-state index contributed by atoms with van der Waals surface area (Å²) in [6.45, 7) is 0.326. The Kier molecular flexibility index (Phi) is 5.73. The molecule has 0 bridgehead atoms. The fourth-order valence-electron chi connectivity index (χ4n) is 1.95. The third-order valence-corrected chi connectivity index (χ3v) is 3.05. The molecule has 9 nitrogen and oxygen atoms in total. The molecule has 3 N–H and O–H groups in total. The summed E-state index contributed by atoms with van der Waals surface area (Å²) in [5, 5.41) is 30.7. The first kappa shape index (κ1) is 16.5. The zero-order chi connectivity index (χ0) is 16.0. The number of nitrogens with two attached hydrogens (primary N) is 1. The molecule has 0 aliphatic heterocycles. The Morgan fingerprint density at radius 2 is 1.95 bits per heavy atom. The van der Waals surface area contributed by atoms with Gasteiger partial charge in [-0.15, -0.1) is 0 Å². The van der Waals surface area contributed by atoms with E-state index in [-0.39, 0.29) is 12.0 Å². The van der Waals surface area contributed by atoms with Crippen LogP contribution in [0.1, 0.15) is 18.4 Å². The van der Waals surface area contributed by atoms with Crippen LogP contribution in [-0.4, -0.2) is 27.5 Å². The number of hydrogen-bond donors (Lipinski definition) is 2. The van der Waals surface area contributed by atoms with Crippen molar-refractivity contribution in [1.29, 1.82) is 0 Å². The van der Waals surface area contributed by atoms with Gasteiger partial charge in [0.2, 0.25) is 0 Å². The van der Waals surface area contributed by atoms with E-state index in [1.807, 2.05) is 0 Å². The van der Waals surface area contributed by atoms with E-state index in [0.717, 1.165) is 12.1 Å². The molecule has 1 aromatic carbocycles. The third kappa shape index (κ3) is 4.49. The van der Waals surface area contributed by atoms with E-state index < -0.39 is 33.1 Å². The van der Waals surface area contributed by atoms with Crippen LogP contribution < -0.4 is 5.73 Å². The first-order valence-corrected chi connectivity index (χ1v) is 6.21. The number of aliphatic carboxylic acids is 1. The molecule has 0 spiro atoms. The van der Waals surface area contributed by atoms with Gasteiger partial charge in [-0.3, -0.25) is 25.0 Å². The van der Waals surface area contributed by atoms with E-state index >= 15 is 0 Å². The summed E-state index contributed by atoms with van der Waals surface area (Å²) in [4.78, 5) is 31.3. The highest BCUT2D eigenvalue weighted by Gasteiger charge is 2.24. The summed E-state index contributed by atoms with van der Waals surface area (Å²) < 4.78 is 0. The highest BCUT2D eigenvalue weighted by Crippen LogP contribution is 2.27. The van der Waals surface area contributed by atoms with Crippen molar-refractivity contribution >= 4 is 17.3 Å². The molecular formula is C12H15N3O6. The number of carboxylic acids is 1. The molecule has 21 heavy (non-hydrogen) atoms. The molecule has 114 valence electrons. The maximum atomic E-state index is 11.1. The lowest BCUT2D eigenvalue weighted by Crippen LogP contribution is -2.18. The van der Waals surface area contributed by atoms with Gasteiger partial charge in [-0.05, 0) is 31.9 Å². The molecule has 0 heterocycles. The lowest BCUT2D eigenvalue weighted by atomic mass is 9.94. The third-order valence-electron chi connectivity index (χ3n) is 3.05. The summed E-state index contributed by atoms with van der Waals surface area (Å²) >= 11 is 0. The molecule has 0 fully saturated rings. The van der Waals surface area contributed by atoms with E-state index in [4.69, 9.17) is 10.8 Å². The highest BCUT2D eigenvalue weighted by atomic mass is 16.6. The van der Waals surface area contributed by atoms with Crippen LogP contribution in [0, 0.1) is 26.1 Å². The van der Waals surface area contributed by atoms with Crippen LogP contribution in [0.2, 0.25) is 0 Å². The Labute approximate surface area is 119 Å². The molecule has 1 unspecified atom stereocenters. The van der Waals surface area contributed by atoms with Crippen molar-refractivity contribution in [2.45, 2.75) is 19.3 Å². The Bertz CT molecular complexity index is 560. The lowest BCUT2D eigenvalue weighted by Gasteiger charge is -2.11. The predicted octanol–water partition coefficient (Wildman–Crippen LogP) is 1.49. The van der Waals surface area contributed by atoms with Gasteiger partial charge in [0, 0.05) is 11.6 Å². The number of hydrogen-bond acceptors (Lipinski definition) is 6. The van der Waals surface area contributed by atoms with Crippen molar-refractivity contribution in [2.75, 3.05) is 6.54 Å². The standard InChI is InChI=1S/C12H15N3O6/c13-5-1-2-9(12(16)17)6-8-3-4-10(14(18)19)7-11(8)15(20)21/h3-4,7,9H,1-2,5-6,13H2,(H,16,17). The average Bonchev–Trinajstić information content (AvgIpc) is 2.42. The first-order chi connectivity index (χ1) is 9.86. The van der Waals surface area contributed by atoms with Gasteiger partial charge in [-0.25, -0.2) is 0 Å². The Morgan fingerprint density at radius 3 is 2.43 bits per heavy atom. The van der Waals surface area contributed by atoms with Crippen LogP contribution in [0.4, 0.5) is 11.4 Å². The minimum atomic E-state index is -1.07. The molecule has 9 heteroatoms. The van der Waals surface area contributed by atoms with Crippen molar-refractivity contribution in [1.82, 2.24) is 0 Å². The van der Waals surface area contributed by atoms with E-state index in [1.54, 1.807) is 0 Å². The number of non-ortho nitro benzene ring substituents is 1. The van der Waals surface area contributed by atoms with E-state index in [0.29, 0.717) is 19.4 Å². The Morgan fingerprint density at radius 1 is 1.29 bits per heavy atom. The minimum absolute atomic E-state index is 0.0658. The van der Waals surface area contributed by atoms with Gasteiger partial charge >= 0.3 is 5.97 Å². The van der Waals surface area contributed by atoms with E-state index in [2.05, 4.69) is 0 Å². The fourth-order valence-corrected chi connectivity index (χ4v) is 1.95. The highest BCUT2D eigenvalue weighted by molar-refractivity contribution is 5.70. The SMILES string of the molecule is NCCCC(Cc1ccc([N+](=O)[O-])cc1[N+](=O)[O-])C(=O)O. The first-order valence-electron chi connectivity index (χ1n) is 6.21. The fraction of sp³-hybridized carbons (Fsp3) is 0.417. The summed E-state index contributed by atoms with van der Waals surface area (Å²) in [5.74, 6) is -1.88. The smallest absolute Gasteiger partial charge is 0.306 e. The zero-order valence-electron chi connectivity index (χ0n) is 11.1. The number of carboxylic acid groups (broad SMARTS) is 1. The number of carbonyl (C=O) groups is 1. The normalized spacial score (nSPS) is 11.9. The second-order valence-corrected chi connectivity index (χ2v) is 4.50. The van der Waals surface area contributed by atoms with E-state index in [1.165, 1.54) is 6.07 Å². The van der Waals surface area contributed by atoms with Gasteiger partial charge in [-0.2, -0.15) is 0 Å². The zero-order valence-corrected chi connectivity index (χ0v) is 11.1. The van der Waals surface area contributed by atoms with Crippen molar-refractivity contribution in [2.24, 2.45) is 11.7 Å². The number of rotatable bonds is 8. The number of benzene rings is 1. The van der Waals surface area contributed by atoms with Gasteiger partial charge in [0.1, 0.15) is 0 Å². The number of nitrogens with zero attached hydrogens (tertiary/aromatic N) is 2. The molecule has 0 saturated heterocycles. The summed E-state index contributed by atoms with van der Waals surface area (Å²) in [5.41, 5.74) is 4.64. The quantitative estimate of drug-likeness (QED) is 0.544. The van der Waals surface area contributed by atoms with Crippen LogP contribution in [0.5, 0.6) is 0 Å². The van der Waals surface area contributed by atoms with Crippen molar-refractivity contribution in [3.63, 3.8) is 0 Å². The number of nitro groups is 2. The maximum Gasteiger partial charge on any atom is 0.306 e. The van der Waals surface area contributed by atoms with Crippen LogP contribution in [0.3, 0.4) is 0 Å². The summed E-state index contributed by atoms with van der Waals surface area (Å²) in [6.07, 6.45) is 0.710. The lowest BCUT2D eigenvalue weighted by molar-refractivity contribution is -0.394. The summed E-state index contributed by atoms with van der Waals surface area (Å²) in [7, 11) is 0. The van der Waals surface area contributed by atoms with Crippen LogP contribution in [-0.2, 0) is 11.2 Å². The van der Waals surface area contributed by atoms with Gasteiger partial charge in [0.05, 0.1) is 21.8 Å². The molecule has 1 aromatic rings. The Hall–Kier alpha value is -2.55. The largest absolute Gasteiger partial charge is 0.481 e. The predicted molar refractivity (Wildman–Crippen MR) is 72.9 cm³/mol. The van der Waals surface area contributed by atoms with E-state index in [9.17, 15) is 25.0 Å². The van der Waals surface area contributed by atoms with Gasteiger partial charge < -0.3 is 10.8 Å². The monoisotopic (exact) mass is 297 g/mol. The van der Waals surface area contributed by atoms with Gasteiger partial charge in [0.25, 0.3) is 11.4 Å². The van der Waals surface area contributed by atoms with Gasteiger partial charge in [0.15, 0.2) is 0 Å². The Balaban J connectivity index is 3.07.